The summed E-state index contributed by atoms with van der Waals surface area (Å²) >= 11 is 0. The van der Waals surface area contributed by atoms with E-state index in [1.807, 2.05) is 6.92 Å². The van der Waals surface area contributed by atoms with Gasteiger partial charge in [-0.15, -0.1) is 0 Å². The van der Waals surface area contributed by atoms with E-state index < -0.39 is 12.8 Å². The molecule has 0 aromatic carbocycles. The molecule has 0 rings (SSSR count). The number of nitrogens with one attached hydrogen (secondary N) is 1. The third kappa shape index (κ3) is 13.7. The van der Waals surface area contributed by atoms with E-state index >= 15 is 0 Å². The smallest absolute Gasteiger partial charge is 0.382 e. The molecular weight excluding hydrogens is 223 g/mol. The molecule has 0 saturated heterocycles. The van der Waals surface area contributed by atoms with Gasteiger partial charge in [0.1, 0.15) is 6.61 Å². The second-order valence-corrected chi connectivity index (χ2v) is 3.32. The Labute approximate surface area is 94.3 Å². The SMILES string of the molecule is CCOCCCNCCCOCC(F)(F)F. The molecule has 0 heterocycles. The number of halogens is 3. The Morgan fingerprint density at radius 3 is 2.06 bits per heavy atom. The highest BCUT2D eigenvalue weighted by Crippen LogP contribution is 2.14. The Balaban J connectivity index is 2.99. The van der Waals surface area contributed by atoms with E-state index in [-0.39, 0.29) is 6.61 Å². The van der Waals surface area contributed by atoms with Crippen LogP contribution in [0.15, 0.2) is 0 Å². The summed E-state index contributed by atoms with van der Waals surface area (Å²) in [6, 6.07) is 0. The molecule has 1 N–H and O–H groups in total. The second kappa shape index (κ2) is 9.86. The standard InChI is InChI=1S/C10H20F3NO2/c1-2-15-7-3-5-14-6-4-8-16-9-10(11,12)13/h14H,2-9H2,1H3. The van der Waals surface area contributed by atoms with Crippen molar-refractivity contribution in [1.29, 1.82) is 0 Å². The van der Waals surface area contributed by atoms with E-state index in [0.29, 0.717) is 26.2 Å². The summed E-state index contributed by atoms with van der Waals surface area (Å²) in [7, 11) is 0. The zero-order valence-electron chi connectivity index (χ0n) is 9.61. The van der Waals surface area contributed by atoms with Crippen LogP contribution in [0.25, 0.3) is 0 Å². The lowest BCUT2D eigenvalue weighted by molar-refractivity contribution is -0.173. The number of hydrogen-bond acceptors (Lipinski definition) is 3. The maximum Gasteiger partial charge on any atom is 0.411 e. The van der Waals surface area contributed by atoms with Crippen LogP contribution in [-0.4, -0.2) is 45.7 Å². The molecule has 0 saturated carbocycles. The highest BCUT2D eigenvalue weighted by atomic mass is 19.4. The minimum Gasteiger partial charge on any atom is -0.382 e. The topological polar surface area (TPSA) is 30.5 Å². The van der Waals surface area contributed by atoms with Crippen molar-refractivity contribution in [2.24, 2.45) is 0 Å². The molecule has 0 atom stereocenters. The van der Waals surface area contributed by atoms with Gasteiger partial charge in [0.2, 0.25) is 0 Å². The van der Waals surface area contributed by atoms with E-state index in [1.165, 1.54) is 0 Å². The van der Waals surface area contributed by atoms with Crippen LogP contribution in [-0.2, 0) is 9.47 Å². The van der Waals surface area contributed by atoms with Gasteiger partial charge in [0.25, 0.3) is 0 Å². The lowest BCUT2D eigenvalue weighted by Gasteiger charge is -2.08. The summed E-state index contributed by atoms with van der Waals surface area (Å²) < 4.78 is 44.5. The predicted octanol–water partition coefficient (Wildman–Crippen LogP) is 1.97. The summed E-state index contributed by atoms with van der Waals surface area (Å²) in [6.07, 6.45) is -2.72. The van der Waals surface area contributed by atoms with Crippen LogP contribution in [0.1, 0.15) is 19.8 Å². The molecule has 0 aliphatic heterocycles. The zero-order valence-corrected chi connectivity index (χ0v) is 9.61. The van der Waals surface area contributed by atoms with Crippen LogP contribution < -0.4 is 5.32 Å². The third-order valence-corrected chi connectivity index (χ3v) is 1.75. The van der Waals surface area contributed by atoms with Gasteiger partial charge in [-0.3, -0.25) is 0 Å². The molecule has 0 fully saturated rings. The largest absolute Gasteiger partial charge is 0.411 e. The molecule has 16 heavy (non-hydrogen) atoms. The van der Waals surface area contributed by atoms with Gasteiger partial charge >= 0.3 is 6.18 Å². The highest BCUT2D eigenvalue weighted by Gasteiger charge is 2.26. The molecule has 0 amide bonds. The Morgan fingerprint density at radius 2 is 1.56 bits per heavy atom. The maximum atomic E-state index is 11.6. The van der Waals surface area contributed by atoms with Gasteiger partial charge in [-0.25, -0.2) is 0 Å². The van der Waals surface area contributed by atoms with E-state index in [0.717, 1.165) is 13.0 Å². The van der Waals surface area contributed by atoms with Crippen LogP contribution in [0, 0.1) is 0 Å². The van der Waals surface area contributed by atoms with Gasteiger partial charge in [-0.2, -0.15) is 13.2 Å². The molecule has 0 radical (unpaired) electrons. The molecule has 0 spiro atoms. The molecule has 0 aliphatic carbocycles. The lowest BCUT2D eigenvalue weighted by Crippen LogP contribution is -2.21. The lowest BCUT2D eigenvalue weighted by atomic mass is 10.4. The first kappa shape index (κ1) is 15.7. The van der Waals surface area contributed by atoms with E-state index in [1.54, 1.807) is 0 Å². The van der Waals surface area contributed by atoms with Gasteiger partial charge < -0.3 is 14.8 Å². The number of ether oxygens (including phenoxy) is 2. The van der Waals surface area contributed by atoms with Crippen molar-refractivity contribution >= 4 is 0 Å². The predicted molar refractivity (Wildman–Crippen MR) is 55.5 cm³/mol. The van der Waals surface area contributed by atoms with Crippen LogP contribution in [0.5, 0.6) is 0 Å². The third-order valence-electron chi connectivity index (χ3n) is 1.75. The normalized spacial score (nSPS) is 12.0. The van der Waals surface area contributed by atoms with Gasteiger partial charge in [0.15, 0.2) is 0 Å². The number of hydrogen-bond donors (Lipinski definition) is 1. The average Bonchev–Trinajstić information content (AvgIpc) is 2.19. The molecule has 98 valence electrons. The van der Waals surface area contributed by atoms with Crippen molar-refractivity contribution in [3.63, 3.8) is 0 Å². The van der Waals surface area contributed by atoms with Crippen LogP contribution in [0.2, 0.25) is 0 Å². The van der Waals surface area contributed by atoms with Gasteiger partial charge in [-0.05, 0) is 32.9 Å². The molecular formula is C10H20F3NO2. The number of alkyl halides is 3. The molecule has 0 aromatic heterocycles. The molecule has 0 aliphatic rings. The Bertz CT molecular complexity index is 153. The Kier molecular flexibility index (Phi) is 9.66. The summed E-state index contributed by atoms with van der Waals surface area (Å²) in [6.45, 7) is 3.84. The summed E-state index contributed by atoms with van der Waals surface area (Å²) in [4.78, 5) is 0. The van der Waals surface area contributed by atoms with E-state index in [9.17, 15) is 13.2 Å². The molecule has 6 heteroatoms. The van der Waals surface area contributed by atoms with E-state index in [2.05, 4.69) is 10.1 Å². The van der Waals surface area contributed by atoms with Crippen molar-refractivity contribution in [3.05, 3.63) is 0 Å². The molecule has 3 nitrogen and oxygen atoms in total. The Morgan fingerprint density at radius 1 is 1.00 bits per heavy atom. The average molecular weight is 243 g/mol. The quantitative estimate of drug-likeness (QED) is 0.595. The second-order valence-electron chi connectivity index (χ2n) is 3.32. The molecule has 0 bridgehead atoms. The Hall–Kier alpha value is -0.330. The van der Waals surface area contributed by atoms with E-state index in [4.69, 9.17) is 4.74 Å². The van der Waals surface area contributed by atoms with Crippen molar-refractivity contribution in [3.8, 4) is 0 Å². The van der Waals surface area contributed by atoms with Crippen molar-refractivity contribution in [2.45, 2.75) is 25.9 Å². The molecule has 0 unspecified atom stereocenters. The minimum absolute atomic E-state index is 0.137. The monoisotopic (exact) mass is 243 g/mol. The van der Waals surface area contributed by atoms with Gasteiger partial charge in [0.05, 0.1) is 0 Å². The van der Waals surface area contributed by atoms with Gasteiger partial charge in [0, 0.05) is 19.8 Å². The first-order chi connectivity index (χ1) is 7.56. The van der Waals surface area contributed by atoms with Crippen molar-refractivity contribution < 1.29 is 22.6 Å². The van der Waals surface area contributed by atoms with Gasteiger partial charge in [-0.1, -0.05) is 0 Å². The maximum absolute atomic E-state index is 11.6. The van der Waals surface area contributed by atoms with Crippen molar-refractivity contribution in [1.82, 2.24) is 5.32 Å². The van der Waals surface area contributed by atoms with Crippen molar-refractivity contribution in [2.75, 3.05) is 39.5 Å². The highest BCUT2D eigenvalue weighted by molar-refractivity contribution is 4.49. The fourth-order valence-electron chi connectivity index (χ4n) is 1.06. The van der Waals surface area contributed by atoms with Crippen LogP contribution in [0.3, 0.4) is 0 Å². The number of rotatable bonds is 10. The summed E-state index contributed by atoms with van der Waals surface area (Å²) in [5.41, 5.74) is 0. The van der Waals surface area contributed by atoms with Crippen LogP contribution in [0.4, 0.5) is 13.2 Å². The summed E-state index contributed by atoms with van der Waals surface area (Å²) in [5, 5.41) is 3.10. The zero-order chi connectivity index (χ0) is 12.3. The van der Waals surface area contributed by atoms with Crippen LogP contribution >= 0.6 is 0 Å². The summed E-state index contributed by atoms with van der Waals surface area (Å²) in [5.74, 6) is 0. The minimum atomic E-state index is -4.22. The first-order valence-electron chi connectivity index (χ1n) is 5.49. The fraction of sp³-hybridized carbons (Fsp3) is 1.00. The molecule has 0 aromatic rings. The first-order valence-corrected chi connectivity index (χ1v) is 5.49. The fourth-order valence-corrected chi connectivity index (χ4v) is 1.06.